The van der Waals surface area contributed by atoms with Gasteiger partial charge in [0.1, 0.15) is 0 Å². The van der Waals surface area contributed by atoms with Crippen LogP contribution in [0, 0.1) is 0 Å². The van der Waals surface area contributed by atoms with Crippen LogP contribution in [0.4, 0.5) is 13.2 Å². The topological polar surface area (TPSA) is 92.4 Å². The van der Waals surface area contributed by atoms with Gasteiger partial charge in [0.25, 0.3) is 0 Å². The van der Waals surface area contributed by atoms with Gasteiger partial charge in [-0.15, -0.1) is 0 Å². The van der Waals surface area contributed by atoms with Crippen LogP contribution in [0.25, 0.3) is 10.9 Å². The van der Waals surface area contributed by atoms with E-state index in [0.29, 0.717) is 10.9 Å². The van der Waals surface area contributed by atoms with E-state index in [2.05, 4.69) is 4.98 Å². The first-order chi connectivity index (χ1) is 8.39. The maximum Gasteiger partial charge on any atom is 0.396 e. The van der Waals surface area contributed by atoms with Gasteiger partial charge in [-0.3, -0.25) is 0 Å². The fourth-order valence-electron chi connectivity index (χ4n) is 1.95. The Morgan fingerprint density at radius 1 is 1.32 bits per heavy atom. The molecule has 0 saturated heterocycles. The summed E-state index contributed by atoms with van der Waals surface area (Å²) in [4.78, 5) is 13.2. The third-order valence-corrected chi connectivity index (χ3v) is 2.76. The minimum Gasteiger partial charge on any atom is -0.550 e. The number of halogens is 3. The summed E-state index contributed by atoms with van der Waals surface area (Å²) in [5.74, 6) is -3.78. The number of carboxylic acid groups (broad SMARTS) is 1. The van der Waals surface area contributed by atoms with Crippen molar-refractivity contribution in [1.82, 2.24) is 11.1 Å². The third-order valence-electron chi connectivity index (χ3n) is 2.76. The molecule has 1 atom stereocenters. The van der Waals surface area contributed by atoms with Gasteiger partial charge in [-0.05, 0) is 11.6 Å². The van der Waals surface area contributed by atoms with E-state index < -0.39 is 24.5 Å². The number of carbonyl (C=O) groups excluding carboxylic acids is 1. The highest BCUT2D eigenvalue weighted by Crippen LogP contribution is 2.40. The van der Waals surface area contributed by atoms with Gasteiger partial charge in [-0.25, -0.2) is 0 Å². The molecule has 19 heavy (non-hydrogen) atoms. The molecule has 4 nitrogen and oxygen atoms in total. The number of hydrogen-bond donors (Lipinski definition) is 2. The lowest BCUT2D eigenvalue weighted by atomic mass is 9.95. The van der Waals surface area contributed by atoms with Gasteiger partial charge in [-0.2, -0.15) is 13.2 Å². The molecule has 0 aliphatic carbocycles. The van der Waals surface area contributed by atoms with Crippen molar-refractivity contribution in [3.63, 3.8) is 0 Å². The maximum atomic E-state index is 12.9. The Kier molecular flexibility index (Phi) is 4.21. The van der Waals surface area contributed by atoms with Crippen molar-refractivity contribution in [2.24, 2.45) is 0 Å². The fourth-order valence-corrected chi connectivity index (χ4v) is 1.95. The summed E-state index contributed by atoms with van der Waals surface area (Å²) in [6.45, 7) is 0. The lowest BCUT2D eigenvalue weighted by Gasteiger charge is -2.20. The number of H-pyrrole nitrogens is 1. The van der Waals surface area contributed by atoms with Crippen molar-refractivity contribution < 1.29 is 23.1 Å². The van der Waals surface area contributed by atoms with Crippen LogP contribution in [0.3, 0.4) is 0 Å². The summed E-state index contributed by atoms with van der Waals surface area (Å²) in [6.07, 6.45) is -4.50. The van der Waals surface area contributed by atoms with Gasteiger partial charge in [-0.1, -0.05) is 18.2 Å². The van der Waals surface area contributed by atoms with Crippen LogP contribution in [0.1, 0.15) is 17.9 Å². The zero-order chi connectivity index (χ0) is 13.3. The van der Waals surface area contributed by atoms with Crippen molar-refractivity contribution in [3.05, 3.63) is 36.0 Å². The summed E-state index contributed by atoms with van der Waals surface area (Å²) in [6, 6.07) is 6.44. The Labute approximate surface area is 106 Å². The molecule has 2 aromatic rings. The number of nitrogens with one attached hydrogen (secondary N) is 1. The number of aromatic amines is 1. The van der Waals surface area contributed by atoms with Crippen molar-refractivity contribution >= 4 is 16.9 Å². The first-order valence-corrected chi connectivity index (χ1v) is 5.22. The maximum absolute atomic E-state index is 12.9. The zero-order valence-electron chi connectivity index (χ0n) is 10.1. The number of aliphatic carboxylic acids is 1. The second kappa shape index (κ2) is 5.31. The molecular weight excluding hydrogens is 261 g/mol. The number of quaternary nitrogens is 1. The molecule has 0 spiro atoms. The Morgan fingerprint density at radius 3 is 2.53 bits per heavy atom. The smallest absolute Gasteiger partial charge is 0.396 e. The van der Waals surface area contributed by atoms with E-state index in [1.165, 1.54) is 12.3 Å². The number of alkyl halides is 3. The van der Waals surface area contributed by atoms with Crippen LogP contribution < -0.4 is 11.3 Å². The molecule has 1 heterocycles. The molecule has 1 unspecified atom stereocenters. The number of benzene rings is 1. The van der Waals surface area contributed by atoms with Crippen molar-refractivity contribution in [2.75, 3.05) is 0 Å². The minimum absolute atomic E-state index is 0. The Bertz CT molecular complexity index is 578. The molecule has 0 aliphatic heterocycles. The Hall–Kier alpha value is -2.02. The monoisotopic (exact) mass is 274 g/mol. The first kappa shape index (κ1) is 15.0. The highest BCUT2D eigenvalue weighted by Gasteiger charge is 2.41. The molecule has 0 amide bonds. The number of hydrogen-bond acceptors (Lipinski definition) is 2. The standard InChI is InChI=1S/C12H10F3NO2.H3N/c13-12(14,15)9(5-11(17)18)8-6-16-10-4-2-1-3-7(8)10;/h1-4,6,9,16H,5H2,(H,17,18);1H3. The predicted molar refractivity (Wildman–Crippen MR) is 62.7 cm³/mol. The summed E-state index contributed by atoms with van der Waals surface area (Å²) >= 11 is 0. The van der Waals surface area contributed by atoms with Crippen LogP contribution in [-0.2, 0) is 4.79 Å². The molecule has 0 bridgehead atoms. The lowest BCUT2D eigenvalue weighted by molar-refractivity contribution is -0.308. The first-order valence-electron chi connectivity index (χ1n) is 5.22. The minimum atomic E-state index is -4.62. The van der Waals surface area contributed by atoms with Gasteiger partial charge >= 0.3 is 6.18 Å². The molecule has 0 aliphatic rings. The SMILES string of the molecule is O=C([O-])CC(c1c[nH]c2ccccc12)C(F)(F)F.[NH4+]. The molecular formula is C12H13F3N2O2. The summed E-state index contributed by atoms with van der Waals surface area (Å²) in [7, 11) is 0. The number of rotatable bonds is 3. The van der Waals surface area contributed by atoms with E-state index in [-0.39, 0.29) is 11.7 Å². The molecule has 0 saturated carbocycles. The predicted octanol–water partition coefficient (Wildman–Crippen LogP) is 2.33. The highest BCUT2D eigenvalue weighted by atomic mass is 19.4. The van der Waals surface area contributed by atoms with Crippen LogP contribution >= 0.6 is 0 Å². The number of aromatic nitrogens is 1. The quantitative estimate of drug-likeness (QED) is 0.898. The summed E-state index contributed by atoms with van der Waals surface area (Å²) < 4.78 is 38.6. The fraction of sp³-hybridized carbons (Fsp3) is 0.250. The molecule has 2 rings (SSSR count). The van der Waals surface area contributed by atoms with E-state index in [0.717, 1.165) is 0 Å². The molecule has 5 N–H and O–H groups in total. The van der Waals surface area contributed by atoms with Gasteiger partial charge in [0, 0.05) is 29.5 Å². The molecule has 104 valence electrons. The third kappa shape index (κ3) is 3.05. The zero-order valence-corrected chi connectivity index (χ0v) is 10.1. The van der Waals surface area contributed by atoms with Gasteiger partial charge in [0.2, 0.25) is 0 Å². The number of para-hydroxylation sites is 1. The highest BCUT2D eigenvalue weighted by molar-refractivity contribution is 5.84. The summed E-state index contributed by atoms with van der Waals surface area (Å²) in [5.41, 5.74) is 0.474. The second-order valence-electron chi connectivity index (χ2n) is 3.96. The average Bonchev–Trinajstić information content (AvgIpc) is 2.67. The largest absolute Gasteiger partial charge is 0.550 e. The van der Waals surface area contributed by atoms with Gasteiger partial charge in [0.15, 0.2) is 0 Å². The molecule has 1 aromatic carbocycles. The van der Waals surface area contributed by atoms with Gasteiger partial charge < -0.3 is 21.0 Å². The number of carbonyl (C=O) groups is 1. The second-order valence-corrected chi connectivity index (χ2v) is 3.96. The Morgan fingerprint density at radius 2 is 1.95 bits per heavy atom. The van der Waals surface area contributed by atoms with Crippen molar-refractivity contribution in [3.8, 4) is 0 Å². The van der Waals surface area contributed by atoms with E-state index in [1.54, 1.807) is 18.2 Å². The van der Waals surface area contributed by atoms with Crippen LogP contribution in [0.5, 0.6) is 0 Å². The molecule has 1 aromatic heterocycles. The lowest BCUT2D eigenvalue weighted by Crippen LogP contribution is -2.30. The van der Waals surface area contributed by atoms with Gasteiger partial charge in [0.05, 0.1) is 5.92 Å². The number of carboxylic acids is 1. The van der Waals surface area contributed by atoms with Crippen LogP contribution in [0.2, 0.25) is 0 Å². The molecule has 0 radical (unpaired) electrons. The normalized spacial score (nSPS) is 13.0. The van der Waals surface area contributed by atoms with Crippen LogP contribution in [-0.4, -0.2) is 17.1 Å². The van der Waals surface area contributed by atoms with E-state index >= 15 is 0 Å². The Balaban J connectivity index is 0.00000180. The van der Waals surface area contributed by atoms with E-state index in [9.17, 15) is 23.1 Å². The average molecular weight is 274 g/mol. The van der Waals surface area contributed by atoms with Crippen LogP contribution in [0.15, 0.2) is 30.5 Å². The van der Waals surface area contributed by atoms with E-state index in [4.69, 9.17) is 0 Å². The summed E-state index contributed by atoms with van der Waals surface area (Å²) in [5, 5.41) is 10.8. The molecule has 0 fully saturated rings. The number of fused-ring (bicyclic) bond motifs is 1. The molecule has 7 heteroatoms. The van der Waals surface area contributed by atoms with Crippen molar-refractivity contribution in [2.45, 2.75) is 18.5 Å². The van der Waals surface area contributed by atoms with E-state index in [1.807, 2.05) is 0 Å². The van der Waals surface area contributed by atoms with Crippen molar-refractivity contribution in [1.29, 1.82) is 0 Å².